The van der Waals surface area contributed by atoms with Gasteiger partial charge in [0, 0.05) is 5.39 Å². The Kier molecular flexibility index (Phi) is 4.15. The maximum absolute atomic E-state index is 13.1. The normalized spacial score (nSPS) is 19.4. The smallest absolute Gasteiger partial charge is 0.253 e. The number of aliphatic imine (C=N–C) groups is 1. The highest BCUT2D eigenvalue weighted by atomic mass is 32.1. The number of thiophene rings is 1. The molecule has 0 saturated heterocycles. The fourth-order valence-electron chi connectivity index (χ4n) is 3.06. The molecule has 0 aliphatic carbocycles. The minimum atomic E-state index is -0.869. The average molecular weight is 377 g/mol. The van der Waals surface area contributed by atoms with Crippen LogP contribution in [0.1, 0.15) is 41.7 Å². The number of para-hydroxylation sites is 1. The molecule has 0 radical (unpaired) electrons. The van der Waals surface area contributed by atoms with Crippen LogP contribution in [0.2, 0.25) is 0 Å². The molecular weight excluding hydrogens is 358 g/mol. The van der Waals surface area contributed by atoms with Gasteiger partial charge >= 0.3 is 0 Å². The fraction of sp³-hybridized carbons (Fsp3) is 0.238. The Bertz CT molecular complexity index is 1090. The van der Waals surface area contributed by atoms with Gasteiger partial charge in [0.15, 0.2) is 5.84 Å². The van der Waals surface area contributed by atoms with Gasteiger partial charge in [0.25, 0.3) is 5.91 Å². The summed E-state index contributed by atoms with van der Waals surface area (Å²) in [6, 6.07) is 13.1. The predicted molar refractivity (Wildman–Crippen MR) is 107 cm³/mol. The summed E-state index contributed by atoms with van der Waals surface area (Å²) in [5.41, 5.74) is 0.754. The second-order valence-corrected chi connectivity index (χ2v) is 8.05. The van der Waals surface area contributed by atoms with Crippen molar-refractivity contribution in [2.45, 2.75) is 26.3 Å². The molecular formula is C21H19N3O2S. The van der Waals surface area contributed by atoms with E-state index in [9.17, 15) is 9.59 Å². The SMILES string of the molecule is CC(C)C1(C)N=C(c2nc3ccccc3cc2C(=O)c2cccs2)NC1=O. The number of amides is 1. The van der Waals surface area contributed by atoms with E-state index >= 15 is 0 Å². The Hall–Kier alpha value is -2.86. The lowest BCUT2D eigenvalue weighted by Gasteiger charge is -2.21. The summed E-state index contributed by atoms with van der Waals surface area (Å²) in [7, 11) is 0. The molecule has 3 heterocycles. The third-order valence-electron chi connectivity index (χ3n) is 5.10. The molecule has 1 atom stereocenters. The Balaban J connectivity index is 1.93. The van der Waals surface area contributed by atoms with E-state index in [-0.39, 0.29) is 17.6 Å². The van der Waals surface area contributed by atoms with E-state index in [2.05, 4.69) is 15.3 Å². The number of hydrogen-bond donors (Lipinski definition) is 1. The summed E-state index contributed by atoms with van der Waals surface area (Å²) in [6.07, 6.45) is 0. The van der Waals surface area contributed by atoms with Gasteiger partial charge in [-0.05, 0) is 36.4 Å². The van der Waals surface area contributed by atoms with Crippen molar-refractivity contribution in [2.75, 3.05) is 0 Å². The molecule has 6 heteroatoms. The second-order valence-electron chi connectivity index (χ2n) is 7.10. The fourth-order valence-corrected chi connectivity index (χ4v) is 3.74. The number of pyridine rings is 1. The van der Waals surface area contributed by atoms with Crippen LogP contribution in [0.4, 0.5) is 0 Å². The molecule has 1 N–H and O–H groups in total. The van der Waals surface area contributed by atoms with Crippen LogP contribution in [0.5, 0.6) is 0 Å². The van der Waals surface area contributed by atoms with Crippen molar-refractivity contribution in [2.24, 2.45) is 10.9 Å². The number of hydrogen-bond acceptors (Lipinski definition) is 5. The number of carbonyl (C=O) groups excluding carboxylic acids is 2. The van der Waals surface area contributed by atoms with E-state index in [0.717, 1.165) is 10.9 Å². The first-order valence-corrected chi connectivity index (χ1v) is 9.68. The van der Waals surface area contributed by atoms with Gasteiger partial charge < -0.3 is 5.32 Å². The van der Waals surface area contributed by atoms with Crippen molar-refractivity contribution in [3.8, 4) is 0 Å². The van der Waals surface area contributed by atoms with Crippen LogP contribution in [0.15, 0.2) is 52.8 Å². The Labute approximate surface area is 161 Å². The zero-order chi connectivity index (χ0) is 19.2. The minimum absolute atomic E-state index is 0.0203. The van der Waals surface area contributed by atoms with E-state index < -0.39 is 5.54 Å². The van der Waals surface area contributed by atoms with Crippen molar-refractivity contribution in [1.82, 2.24) is 10.3 Å². The molecule has 2 aromatic heterocycles. The molecule has 0 saturated carbocycles. The number of amidine groups is 1. The van der Waals surface area contributed by atoms with Crippen LogP contribution in [0.25, 0.3) is 10.9 Å². The van der Waals surface area contributed by atoms with Crippen molar-refractivity contribution in [1.29, 1.82) is 0 Å². The lowest BCUT2D eigenvalue weighted by molar-refractivity contribution is -0.124. The van der Waals surface area contributed by atoms with Gasteiger partial charge in [-0.3, -0.25) is 9.59 Å². The maximum atomic E-state index is 13.1. The van der Waals surface area contributed by atoms with E-state index in [1.165, 1.54) is 11.3 Å². The third-order valence-corrected chi connectivity index (χ3v) is 5.97. The predicted octanol–water partition coefficient (Wildman–Crippen LogP) is 3.82. The van der Waals surface area contributed by atoms with Crippen LogP contribution in [-0.4, -0.2) is 28.0 Å². The molecule has 4 rings (SSSR count). The monoisotopic (exact) mass is 377 g/mol. The number of carbonyl (C=O) groups is 2. The summed E-state index contributed by atoms with van der Waals surface area (Å²) in [5.74, 6) is 0.0964. The number of benzene rings is 1. The molecule has 136 valence electrons. The number of ketones is 1. The van der Waals surface area contributed by atoms with Crippen molar-refractivity contribution in [3.05, 3.63) is 64.0 Å². The van der Waals surface area contributed by atoms with Gasteiger partial charge in [0.2, 0.25) is 5.78 Å². The summed E-state index contributed by atoms with van der Waals surface area (Å²) in [4.78, 5) is 35.6. The van der Waals surface area contributed by atoms with Crippen molar-refractivity contribution < 1.29 is 9.59 Å². The number of rotatable bonds is 4. The van der Waals surface area contributed by atoms with Gasteiger partial charge in [-0.2, -0.15) is 0 Å². The zero-order valence-electron chi connectivity index (χ0n) is 15.3. The minimum Gasteiger partial charge on any atom is -0.307 e. The van der Waals surface area contributed by atoms with Gasteiger partial charge in [-0.25, -0.2) is 9.98 Å². The van der Waals surface area contributed by atoms with Crippen LogP contribution in [0, 0.1) is 5.92 Å². The van der Waals surface area contributed by atoms with Crippen molar-refractivity contribution >= 4 is 39.8 Å². The highest BCUT2D eigenvalue weighted by Crippen LogP contribution is 2.29. The standard InChI is InChI=1S/C21H19N3O2S/c1-12(2)21(3)20(26)23-19(24-21)17-14(18(25)16-9-6-10-27-16)11-13-7-4-5-8-15(13)22-17/h4-12H,1-3H3,(H,23,24,26). The quantitative estimate of drug-likeness (QED) is 0.703. The zero-order valence-corrected chi connectivity index (χ0v) is 16.1. The Morgan fingerprint density at radius 3 is 2.63 bits per heavy atom. The highest BCUT2D eigenvalue weighted by Gasteiger charge is 2.43. The lowest BCUT2D eigenvalue weighted by atomic mass is 9.89. The second kappa shape index (κ2) is 6.39. The molecule has 5 nitrogen and oxygen atoms in total. The first-order chi connectivity index (χ1) is 12.9. The molecule has 3 aromatic rings. The number of nitrogens with zero attached hydrogens (tertiary/aromatic N) is 2. The highest BCUT2D eigenvalue weighted by molar-refractivity contribution is 7.12. The van der Waals surface area contributed by atoms with Crippen LogP contribution >= 0.6 is 11.3 Å². The summed E-state index contributed by atoms with van der Waals surface area (Å²) < 4.78 is 0. The largest absolute Gasteiger partial charge is 0.307 e. The molecule has 0 bridgehead atoms. The summed E-state index contributed by atoms with van der Waals surface area (Å²) >= 11 is 1.38. The summed E-state index contributed by atoms with van der Waals surface area (Å²) in [6.45, 7) is 5.72. The van der Waals surface area contributed by atoms with Gasteiger partial charge in [0.1, 0.15) is 11.2 Å². The Morgan fingerprint density at radius 2 is 1.96 bits per heavy atom. The van der Waals surface area contributed by atoms with Crippen molar-refractivity contribution in [3.63, 3.8) is 0 Å². The molecule has 0 fully saturated rings. The number of nitrogens with one attached hydrogen (secondary N) is 1. The maximum Gasteiger partial charge on any atom is 0.253 e. The molecule has 1 unspecified atom stereocenters. The van der Waals surface area contributed by atoms with Crippen LogP contribution in [-0.2, 0) is 4.79 Å². The number of fused-ring (bicyclic) bond motifs is 1. The topological polar surface area (TPSA) is 71.4 Å². The lowest BCUT2D eigenvalue weighted by Crippen LogP contribution is -2.41. The van der Waals surface area contributed by atoms with Crippen LogP contribution < -0.4 is 5.32 Å². The van der Waals surface area contributed by atoms with Gasteiger partial charge in [-0.1, -0.05) is 38.1 Å². The first kappa shape index (κ1) is 17.5. The van der Waals surface area contributed by atoms with E-state index in [4.69, 9.17) is 0 Å². The molecule has 1 aliphatic rings. The van der Waals surface area contributed by atoms with E-state index in [0.29, 0.717) is 22.0 Å². The summed E-state index contributed by atoms with van der Waals surface area (Å²) in [5, 5.41) is 5.59. The molecule has 27 heavy (non-hydrogen) atoms. The van der Waals surface area contributed by atoms with E-state index in [1.807, 2.05) is 62.5 Å². The first-order valence-electron chi connectivity index (χ1n) is 8.80. The third kappa shape index (κ3) is 2.86. The van der Waals surface area contributed by atoms with Gasteiger partial charge in [-0.15, -0.1) is 11.3 Å². The average Bonchev–Trinajstić information content (AvgIpc) is 3.29. The van der Waals surface area contributed by atoms with Gasteiger partial charge in [0.05, 0.1) is 16.0 Å². The van der Waals surface area contributed by atoms with E-state index in [1.54, 1.807) is 6.07 Å². The Morgan fingerprint density at radius 1 is 1.19 bits per heavy atom. The van der Waals surface area contributed by atoms with Crippen LogP contribution in [0.3, 0.4) is 0 Å². The molecule has 1 amide bonds. The molecule has 0 spiro atoms. The molecule has 1 aliphatic heterocycles. The number of aromatic nitrogens is 1. The molecule has 1 aromatic carbocycles.